The summed E-state index contributed by atoms with van der Waals surface area (Å²) in [6, 6.07) is 3.22. The Morgan fingerprint density at radius 2 is 2.33 bits per heavy atom. The second kappa shape index (κ2) is 3.26. The Morgan fingerprint density at radius 1 is 1.67 bits per heavy atom. The average molecular weight is 241 g/mol. The van der Waals surface area contributed by atoms with Crippen molar-refractivity contribution in [2.45, 2.75) is 0 Å². The molecule has 0 aliphatic rings. The summed E-state index contributed by atoms with van der Waals surface area (Å²) in [7, 11) is 1.54. The van der Waals surface area contributed by atoms with Crippen molar-refractivity contribution in [2.75, 3.05) is 0 Å². The first kappa shape index (κ1) is 10.0. The van der Waals surface area contributed by atoms with E-state index < -0.39 is 5.56 Å². The number of aromatic hydroxyl groups is 1. The topological polar surface area (TPSA) is 66.0 Å². The van der Waals surface area contributed by atoms with Crippen molar-refractivity contribution in [3.05, 3.63) is 26.3 Å². The summed E-state index contributed by atoms with van der Waals surface area (Å²) < 4.78 is 1.77. The van der Waals surface area contributed by atoms with E-state index in [4.69, 9.17) is 16.9 Å². The molecule has 76 valence electrons. The number of fused-ring (bicyclic) bond motifs is 1. The molecule has 0 saturated heterocycles. The van der Waals surface area contributed by atoms with Gasteiger partial charge in [0.1, 0.15) is 16.6 Å². The summed E-state index contributed by atoms with van der Waals surface area (Å²) in [4.78, 5) is 12.1. The number of aromatic nitrogens is 1. The normalized spacial score (nSPS) is 10.5. The molecule has 0 saturated carbocycles. The van der Waals surface area contributed by atoms with Gasteiger partial charge in [-0.1, -0.05) is 11.6 Å². The molecule has 0 radical (unpaired) electrons. The van der Waals surface area contributed by atoms with Crippen LogP contribution in [0.1, 0.15) is 5.56 Å². The van der Waals surface area contributed by atoms with E-state index in [2.05, 4.69) is 0 Å². The van der Waals surface area contributed by atoms with Gasteiger partial charge in [-0.3, -0.25) is 4.79 Å². The maximum atomic E-state index is 11.6. The van der Waals surface area contributed by atoms with Crippen LogP contribution < -0.4 is 5.56 Å². The number of rotatable bonds is 0. The molecule has 0 spiro atoms. The monoisotopic (exact) mass is 240 g/mol. The molecule has 2 heterocycles. The third-order valence-electron chi connectivity index (χ3n) is 2.11. The first-order chi connectivity index (χ1) is 7.06. The average Bonchev–Trinajstić information content (AvgIpc) is 2.58. The van der Waals surface area contributed by atoms with E-state index >= 15 is 0 Å². The lowest BCUT2D eigenvalue weighted by Gasteiger charge is -2.02. The van der Waals surface area contributed by atoms with Crippen molar-refractivity contribution >= 4 is 33.2 Å². The summed E-state index contributed by atoms with van der Waals surface area (Å²) in [5, 5.41) is 18.9. The Morgan fingerprint density at radius 3 is 2.93 bits per heavy atom. The molecular formula is C9H5ClN2O2S. The summed E-state index contributed by atoms with van der Waals surface area (Å²) in [5.41, 5.74) is -0.763. The number of thiophene rings is 1. The molecule has 0 aliphatic carbocycles. The van der Waals surface area contributed by atoms with Crippen molar-refractivity contribution in [3.8, 4) is 11.8 Å². The molecular weight excluding hydrogens is 236 g/mol. The number of nitrogens with zero attached hydrogens (tertiary/aromatic N) is 2. The van der Waals surface area contributed by atoms with E-state index in [1.807, 2.05) is 0 Å². The van der Waals surface area contributed by atoms with Gasteiger partial charge in [-0.2, -0.15) is 5.26 Å². The Balaban J connectivity index is 3.10. The standard InChI is InChI=1S/C9H5ClN2O2S/c1-12-8(14)5(3-11)7(13)4-2-6(10)15-9(4)12/h2,13H,1H3. The van der Waals surface area contributed by atoms with Gasteiger partial charge in [0.05, 0.1) is 9.72 Å². The van der Waals surface area contributed by atoms with Crippen LogP contribution in [0.5, 0.6) is 5.75 Å². The third kappa shape index (κ3) is 1.30. The zero-order valence-corrected chi connectivity index (χ0v) is 9.19. The predicted molar refractivity (Wildman–Crippen MR) is 58.5 cm³/mol. The van der Waals surface area contributed by atoms with E-state index in [0.29, 0.717) is 14.6 Å². The Kier molecular flexibility index (Phi) is 2.18. The summed E-state index contributed by atoms with van der Waals surface area (Å²) in [6.07, 6.45) is 0. The molecule has 0 fully saturated rings. The molecule has 0 unspecified atom stereocenters. The Labute approximate surface area is 93.6 Å². The minimum atomic E-state index is -0.513. The zero-order chi connectivity index (χ0) is 11.2. The molecule has 1 N–H and O–H groups in total. The van der Waals surface area contributed by atoms with Crippen LogP contribution in [0.15, 0.2) is 10.9 Å². The van der Waals surface area contributed by atoms with Gasteiger partial charge in [-0.25, -0.2) is 0 Å². The van der Waals surface area contributed by atoms with Crippen molar-refractivity contribution in [1.29, 1.82) is 5.26 Å². The maximum Gasteiger partial charge on any atom is 0.273 e. The quantitative estimate of drug-likeness (QED) is 0.764. The molecule has 0 aromatic carbocycles. The summed E-state index contributed by atoms with van der Waals surface area (Å²) >= 11 is 6.97. The Hall–Kier alpha value is -1.51. The van der Waals surface area contributed by atoms with Gasteiger partial charge in [0.15, 0.2) is 5.56 Å². The minimum Gasteiger partial charge on any atom is -0.506 e. The fourth-order valence-corrected chi connectivity index (χ4v) is 2.54. The highest BCUT2D eigenvalue weighted by molar-refractivity contribution is 7.22. The number of hydrogen-bond donors (Lipinski definition) is 1. The second-order valence-corrected chi connectivity index (χ2v) is 4.63. The van der Waals surface area contributed by atoms with Crippen molar-refractivity contribution < 1.29 is 5.11 Å². The molecule has 2 aromatic rings. The van der Waals surface area contributed by atoms with Gasteiger partial charge in [0.25, 0.3) is 5.56 Å². The zero-order valence-electron chi connectivity index (χ0n) is 7.61. The lowest BCUT2D eigenvalue weighted by Crippen LogP contribution is -2.19. The fraction of sp³-hybridized carbons (Fsp3) is 0.111. The number of nitriles is 1. The smallest absolute Gasteiger partial charge is 0.273 e. The lowest BCUT2D eigenvalue weighted by atomic mass is 10.2. The number of pyridine rings is 1. The van der Waals surface area contributed by atoms with Crippen LogP contribution >= 0.6 is 22.9 Å². The molecule has 2 rings (SSSR count). The Bertz CT molecular complexity index is 651. The van der Waals surface area contributed by atoms with Gasteiger partial charge in [0.2, 0.25) is 0 Å². The molecule has 15 heavy (non-hydrogen) atoms. The van der Waals surface area contributed by atoms with Crippen LogP contribution in [-0.4, -0.2) is 9.67 Å². The predicted octanol–water partition coefficient (Wildman–Crippen LogP) is 1.83. The van der Waals surface area contributed by atoms with Crippen molar-refractivity contribution in [3.63, 3.8) is 0 Å². The van der Waals surface area contributed by atoms with E-state index in [9.17, 15) is 9.90 Å². The highest BCUT2D eigenvalue weighted by atomic mass is 35.5. The highest BCUT2D eigenvalue weighted by Crippen LogP contribution is 2.34. The van der Waals surface area contributed by atoms with Crippen LogP contribution in [0.3, 0.4) is 0 Å². The van der Waals surface area contributed by atoms with Gasteiger partial charge >= 0.3 is 0 Å². The van der Waals surface area contributed by atoms with Gasteiger partial charge in [0, 0.05) is 7.05 Å². The summed E-state index contributed by atoms with van der Waals surface area (Å²) in [6.45, 7) is 0. The second-order valence-electron chi connectivity index (χ2n) is 2.97. The molecule has 0 bridgehead atoms. The number of aryl methyl sites for hydroxylation is 1. The van der Waals surface area contributed by atoms with Crippen LogP contribution in [-0.2, 0) is 7.05 Å². The van der Waals surface area contributed by atoms with E-state index in [-0.39, 0.29) is 11.3 Å². The van der Waals surface area contributed by atoms with Crippen LogP contribution in [0, 0.1) is 11.3 Å². The first-order valence-corrected chi connectivity index (χ1v) is 5.16. The van der Waals surface area contributed by atoms with Crippen LogP contribution in [0.2, 0.25) is 4.34 Å². The number of halogens is 1. The van der Waals surface area contributed by atoms with E-state index in [0.717, 1.165) is 0 Å². The molecule has 0 aliphatic heterocycles. The third-order valence-corrected chi connectivity index (χ3v) is 3.45. The first-order valence-electron chi connectivity index (χ1n) is 3.97. The highest BCUT2D eigenvalue weighted by Gasteiger charge is 2.16. The van der Waals surface area contributed by atoms with Crippen LogP contribution in [0.4, 0.5) is 0 Å². The maximum absolute atomic E-state index is 11.6. The summed E-state index contributed by atoms with van der Waals surface area (Å²) in [5.74, 6) is -0.293. The van der Waals surface area contributed by atoms with E-state index in [1.165, 1.54) is 29.0 Å². The van der Waals surface area contributed by atoms with E-state index in [1.54, 1.807) is 6.07 Å². The fourth-order valence-electron chi connectivity index (χ4n) is 1.37. The SMILES string of the molecule is Cn1c(=O)c(C#N)c(O)c2cc(Cl)sc21. The van der Waals surface area contributed by atoms with Crippen molar-refractivity contribution in [1.82, 2.24) is 4.57 Å². The van der Waals surface area contributed by atoms with Gasteiger partial charge in [-0.05, 0) is 6.07 Å². The molecule has 0 amide bonds. The molecule has 6 heteroatoms. The lowest BCUT2D eigenvalue weighted by molar-refractivity contribution is 0.478. The van der Waals surface area contributed by atoms with Crippen molar-refractivity contribution in [2.24, 2.45) is 7.05 Å². The van der Waals surface area contributed by atoms with Gasteiger partial charge < -0.3 is 9.67 Å². The van der Waals surface area contributed by atoms with Crippen LogP contribution in [0.25, 0.3) is 10.2 Å². The minimum absolute atomic E-state index is 0.250. The number of hydrogen-bond acceptors (Lipinski definition) is 4. The molecule has 4 nitrogen and oxygen atoms in total. The molecule has 0 atom stereocenters. The van der Waals surface area contributed by atoms with Gasteiger partial charge in [-0.15, -0.1) is 11.3 Å². The molecule has 2 aromatic heterocycles. The largest absolute Gasteiger partial charge is 0.506 e.